The maximum absolute atomic E-state index is 5.67. The zero-order valence-electron chi connectivity index (χ0n) is 10.9. The van der Waals surface area contributed by atoms with Gasteiger partial charge in [0.2, 0.25) is 0 Å². The molecule has 0 aliphatic heterocycles. The zero-order valence-corrected chi connectivity index (χ0v) is 12.5. The Kier molecular flexibility index (Phi) is 5.14. The lowest BCUT2D eigenvalue weighted by atomic mass is 9.98. The summed E-state index contributed by atoms with van der Waals surface area (Å²) in [5, 5.41) is 2.48. The Morgan fingerprint density at radius 2 is 1.95 bits per heavy atom. The highest BCUT2D eigenvalue weighted by atomic mass is 79.9. The van der Waals surface area contributed by atoms with E-state index >= 15 is 0 Å². The van der Waals surface area contributed by atoms with Gasteiger partial charge >= 0.3 is 0 Å². The summed E-state index contributed by atoms with van der Waals surface area (Å²) < 4.78 is 1.10. The van der Waals surface area contributed by atoms with Crippen LogP contribution in [0.3, 0.4) is 0 Å². The van der Waals surface area contributed by atoms with Crippen LogP contribution in [0.5, 0.6) is 0 Å². The predicted molar refractivity (Wildman–Crippen MR) is 85.8 cm³/mol. The highest BCUT2D eigenvalue weighted by molar-refractivity contribution is 9.10. The van der Waals surface area contributed by atoms with E-state index in [4.69, 9.17) is 5.84 Å². The van der Waals surface area contributed by atoms with Crippen LogP contribution < -0.4 is 11.3 Å². The minimum atomic E-state index is 0.202. The summed E-state index contributed by atoms with van der Waals surface area (Å²) in [5.74, 6) is 5.67. The maximum atomic E-state index is 5.67. The highest BCUT2D eigenvalue weighted by Gasteiger charge is 2.09. The number of hydrogen-bond donors (Lipinski definition) is 2. The maximum Gasteiger partial charge on any atom is 0.0460 e. The van der Waals surface area contributed by atoms with Gasteiger partial charge in [-0.3, -0.25) is 11.3 Å². The lowest BCUT2D eigenvalue weighted by Crippen LogP contribution is -2.27. The molecule has 0 saturated carbocycles. The minimum Gasteiger partial charge on any atom is -0.271 e. The second-order valence-electron chi connectivity index (χ2n) is 4.69. The first-order valence-electron chi connectivity index (χ1n) is 6.51. The molecular weight excluding hydrogens is 300 g/mol. The van der Waals surface area contributed by atoms with Crippen molar-refractivity contribution in [2.75, 3.05) is 0 Å². The molecule has 0 bridgehead atoms. The molecule has 2 rings (SSSR count). The minimum absolute atomic E-state index is 0.202. The molecule has 1 unspecified atom stereocenters. The smallest absolute Gasteiger partial charge is 0.0460 e. The number of halogens is 1. The van der Waals surface area contributed by atoms with Gasteiger partial charge in [-0.05, 0) is 53.8 Å². The van der Waals surface area contributed by atoms with E-state index < -0.39 is 0 Å². The second-order valence-corrected chi connectivity index (χ2v) is 5.61. The van der Waals surface area contributed by atoms with E-state index in [-0.39, 0.29) is 6.04 Å². The fourth-order valence-electron chi connectivity index (χ4n) is 2.26. The lowest BCUT2D eigenvalue weighted by Gasteiger charge is -2.16. The number of nitrogens with two attached hydrogens (primary N) is 1. The Morgan fingerprint density at radius 3 is 2.68 bits per heavy atom. The van der Waals surface area contributed by atoms with Gasteiger partial charge in [0.1, 0.15) is 0 Å². The molecular formula is C16H19BrN2. The summed E-state index contributed by atoms with van der Waals surface area (Å²) >= 11 is 3.49. The lowest BCUT2D eigenvalue weighted by molar-refractivity contribution is 0.501. The first-order chi connectivity index (χ1) is 9.24. The molecule has 0 amide bonds. The normalized spacial score (nSPS) is 12.5. The Hall–Kier alpha value is -1.16. The standard InChI is InChI=1S/C16H19BrN2/c1-2-3-4-5-16(19-18)14-7-6-13-11-15(17)9-8-12(13)10-14/h2,6-11,16,19H,1,3-5,18H2. The summed E-state index contributed by atoms with van der Waals surface area (Å²) in [6, 6.07) is 13.0. The van der Waals surface area contributed by atoms with Crippen LogP contribution in [0.2, 0.25) is 0 Å². The number of fused-ring (bicyclic) bond motifs is 1. The molecule has 1 atom stereocenters. The molecule has 0 spiro atoms. The van der Waals surface area contributed by atoms with Crippen LogP contribution in [0.4, 0.5) is 0 Å². The van der Waals surface area contributed by atoms with E-state index in [0.717, 1.165) is 23.7 Å². The van der Waals surface area contributed by atoms with Crippen molar-refractivity contribution in [1.29, 1.82) is 0 Å². The van der Waals surface area contributed by atoms with Crippen molar-refractivity contribution >= 4 is 26.7 Å². The van der Waals surface area contributed by atoms with Crippen LogP contribution >= 0.6 is 15.9 Å². The van der Waals surface area contributed by atoms with E-state index in [2.05, 4.69) is 64.3 Å². The van der Waals surface area contributed by atoms with Crippen LogP contribution in [-0.2, 0) is 0 Å². The van der Waals surface area contributed by atoms with Gasteiger partial charge in [-0.15, -0.1) is 6.58 Å². The average molecular weight is 319 g/mol. The van der Waals surface area contributed by atoms with Gasteiger partial charge < -0.3 is 0 Å². The third-order valence-electron chi connectivity index (χ3n) is 3.33. The Labute approximate surface area is 122 Å². The monoisotopic (exact) mass is 318 g/mol. The van der Waals surface area contributed by atoms with Crippen molar-refractivity contribution in [2.45, 2.75) is 25.3 Å². The van der Waals surface area contributed by atoms with E-state index in [1.54, 1.807) is 0 Å². The topological polar surface area (TPSA) is 38.0 Å². The van der Waals surface area contributed by atoms with Crippen LogP contribution in [0.15, 0.2) is 53.5 Å². The van der Waals surface area contributed by atoms with Crippen molar-refractivity contribution in [2.24, 2.45) is 5.84 Å². The molecule has 0 heterocycles. The molecule has 0 aliphatic carbocycles. The molecule has 2 nitrogen and oxygen atoms in total. The molecule has 0 aromatic heterocycles. The number of nitrogens with one attached hydrogen (secondary N) is 1. The summed E-state index contributed by atoms with van der Waals surface area (Å²) in [4.78, 5) is 0. The van der Waals surface area contributed by atoms with Gasteiger partial charge in [0.25, 0.3) is 0 Å². The van der Waals surface area contributed by atoms with E-state index in [9.17, 15) is 0 Å². The van der Waals surface area contributed by atoms with Crippen LogP contribution in [0, 0.1) is 0 Å². The Bertz CT molecular complexity index is 566. The highest BCUT2D eigenvalue weighted by Crippen LogP contribution is 2.25. The van der Waals surface area contributed by atoms with Crippen molar-refractivity contribution < 1.29 is 0 Å². The molecule has 0 saturated heterocycles. The molecule has 0 aliphatic rings. The number of hydrazine groups is 1. The van der Waals surface area contributed by atoms with Crippen LogP contribution in [0.1, 0.15) is 30.9 Å². The van der Waals surface area contributed by atoms with E-state index in [0.29, 0.717) is 0 Å². The van der Waals surface area contributed by atoms with Crippen LogP contribution in [0.25, 0.3) is 10.8 Å². The van der Waals surface area contributed by atoms with Crippen molar-refractivity contribution in [3.8, 4) is 0 Å². The third-order valence-corrected chi connectivity index (χ3v) is 3.82. The van der Waals surface area contributed by atoms with Crippen LogP contribution in [-0.4, -0.2) is 0 Å². The summed E-state index contributed by atoms with van der Waals surface area (Å²) in [6.07, 6.45) is 5.09. The Balaban J connectivity index is 2.23. The first-order valence-corrected chi connectivity index (χ1v) is 7.30. The predicted octanol–water partition coefficient (Wildman–Crippen LogP) is 4.46. The van der Waals surface area contributed by atoms with E-state index in [1.165, 1.54) is 16.3 Å². The van der Waals surface area contributed by atoms with Gasteiger partial charge in [-0.2, -0.15) is 0 Å². The number of hydrogen-bond acceptors (Lipinski definition) is 2. The number of rotatable bonds is 6. The largest absolute Gasteiger partial charge is 0.271 e. The van der Waals surface area contributed by atoms with Gasteiger partial charge in [-0.25, -0.2) is 0 Å². The first kappa shape index (κ1) is 14.3. The number of allylic oxidation sites excluding steroid dienone is 1. The molecule has 2 aromatic carbocycles. The third kappa shape index (κ3) is 3.66. The summed E-state index contributed by atoms with van der Waals surface area (Å²) in [6.45, 7) is 3.75. The summed E-state index contributed by atoms with van der Waals surface area (Å²) in [5.41, 5.74) is 4.15. The SMILES string of the molecule is C=CCCCC(NN)c1ccc2cc(Br)ccc2c1. The molecule has 2 aromatic rings. The van der Waals surface area contributed by atoms with Gasteiger partial charge in [0, 0.05) is 10.5 Å². The number of benzene rings is 2. The molecule has 0 radical (unpaired) electrons. The quantitative estimate of drug-likeness (QED) is 0.357. The fourth-order valence-corrected chi connectivity index (χ4v) is 2.64. The number of unbranched alkanes of at least 4 members (excludes halogenated alkanes) is 1. The van der Waals surface area contributed by atoms with Crippen molar-refractivity contribution in [1.82, 2.24) is 5.43 Å². The molecule has 100 valence electrons. The summed E-state index contributed by atoms with van der Waals surface area (Å²) in [7, 11) is 0. The van der Waals surface area contributed by atoms with Gasteiger partial charge in [-0.1, -0.05) is 40.2 Å². The molecule has 19 heavy (non-hydrogen) atoms. The molecule has 3 heteroatoms. The van der Waals surface area contributed by atoms with Crippen molar-refractivity contribution in [3.05, 3.63) is 59.1 Å². The molecule has 3 N–H and O–H groups in total. The average Bonchev–Trinajstić information content (AvgIpc) is 2.43. The fraction of sp³-hybridized carbons (Fsp3) is 0.250. The zero-order chi connectivity index (χ0) is 13.7. The van der Waals surface area contributed by atoms with E-state index in [1.807, 2.05) is 6.08 Å². The van der Waals surface area contributed by atoms with Gasteiger partial charge in [0.15, 0.2) is 0 Å². The second kappa shape index (κ2) is 6.85. The Morgan fingerprint density at radius 1 is 1.21 bits per heavy atom. The van der Waals surface area contributed by atoms with Crippen molar-refractivity contribution in [3.63, 3.8) is 0 Å². The van der Waals surface area contributed by atoms with Gasteiger partial charge in [0.05, 0.1) is 0 Å². The molecule has 0 fully saturated rings.